The Morgan fingerprint density at radius 1 is 0.259 bits per heavy atom. The molecule has 0 amide bonds. The lowest BCUT2D eigenvalue weighted by molar-refractivity contribution is -0.161. The van der Waals surface area contributed by atoms with Crippen LogP contribution in [-0.4, -0.2) is 96.7 Å². The second-order valence-electron chi connectivity index (χ2n) is 34.1. The maximum atomic E-state index is 13.2. The van der Waals surface area contributed by atoms with Gasteiger partial charge in [0.05, 0.1) is 26.4 Å². The largest absolute Gasteiger partial charge is 0.472 e. The Kier molecular flexibility index (Phi) is 82.6. The first-order chi connectivity index (χ1) is 54.4. The molecule has 112 heavy (non-hydrogen) atoms. The Balaban J connectivity index is 5.24. The van der Waals surface area contributed by atoms with Crippen molar-refractivity contribution in [3.8, 4) is 0 Å². The second kappa shape index (κ2) is 84.1. The number of carbonyl (C=O) groups is 4. The standard InChI is InChI=1S/C93H182O17P2/c1-7-10-12-14-16-18-20-22-24-26-28-30-32-34-36-38-43-47-51-59-65-71-77-92(97)109-88(81-103-90(95)75-69-63-57-50-46-42-37-35-33-31-29-27-25-23-21-19-17-15-13-11-8-2)83-107-111(99,100)105-79-87(94)80-106-112(101,102)108-84-89(82-104-91(96)76-70-64-58-54-53-56-62-68-74-86(6)9-3)110-93(98)78-72-66-60-52-48-44-40-39-41-45-49-55-61-67-73-85(4)5/h85-89,94H,7-84H2,1-6H3,(H,99,100)(H,101,102)/t86?,87-,88-,89-/m1/s1. The third-order valence-electron chi connectivity index (χ3n) is 22.3. The Morgan fingerprint density at radius 2 is 0.455 bits per heavy atom. The molecule has 0 fully saturated rings. The van der Waals surface area contributed by atoms with Gasteiger partial charge in [-0.25, -0.2) is 9.13 Å². The molecule has 0 saturated heterocycles. The number of ether oxygens (including phenoxy) is 4. The van der Waals surface area contributed by atoms with Crippen LogP contribution in [0.3, 0.4) is 0 Å². The van der Waals surface area contributed by atoms with Crippen LogP contribution in [0.15, 0.2) is 0 Å². The molecule has 0 radical (unpaired) electrons. The van der Waals surface area contributed by atoms with Crippen molar-refractivity contribution >= 4 is 39.5 Å². The van der Waals surface area contributed by atoms with Gasteiger partial charge in [-0.15, -0.1) is 0 Å². The summed E-state index contributed by atoms with van der Waals surface area (Å²) in [5.74, 6) is -0.523. The van der Waals surface area contributed by atoms with Crippen molar-refractivity contribution < 1.29 is 80.2 Å². The Hall–Kier alpha value is -1.94. The van der Waals surface area contributed by atoms with Crippen molar-refractivity contribution in [1.29, 1.82) is 0 Å². The normalized spacial score (nSPS) is 13.9. The number of esters is 4. The minimum atomic E-state index is -4.97. The van der Waals surface area contributed by atoms with Crippen LogP contribution in [0, 0.1) is 11.8 Å². The lowest BCUT2D eigenvalue weighted by atomic mass is 9.99. The number of phosphoric acid groups is 2. The van der Waals surface area contributed by atoms with Gasteiger partial charge in [0.25, 0.3) is 0 Å². The SMILES string of the molecule is CCCCCCCCCCCCCCCCCCCCCCCCC(=O)O[C@H](COC(=O)CCCCCCCCCCCCCCCCCCCCCCC)COP(=O)(O)OC[C@@H](O)COP(=O)(O)OC[C@@H](COC(=O)CCCCCCCCCCC(C)CC)OC(=O)CCCCCCCCCCCCCCCCC(C)C. The highest BCUT2D eigenvalue weighted by Crippen LogP contribution is 2.45. The van der Waals surface area contributed by atoms with Gasteiger partial charge >= 0.3 is 39.5 Å². The average Bonchev–Trinajstić information content (AvgIpc) is 0.887. The lowest BCUT2D eigenvalue weighted by Crippen LogP contribution is -2.30. The van der Waals surface area contributed by atoms with Gasteiger partial charge in [0.2, 0.25) is 0 Å². The van der Waals surface area contributed by atoms with Gasteiger partial charge in [-0.3, -0.25) is 37.3 Å². The first kappa shape index (κ1) is 110. The van der Waals surface area contributed by atoms with Crippen LogP contribution in [-0.2, 0) is 65.4 Å². The van der Waals surface area contributed by atoms with Crippen LogP contribution in [0.4, 0.5) is 0 Å². The van der Waals surface area contributed by atoms with E-state index in [1.54, 1.807) is 0 Å². The summed E-state index contributed by atoms with van der Waals surface area (Å²) in [5.41, 5.74) is 0. The molecule has 0 aliphatic carbocycles. The fraction of sp³-hybridized carbons (Fsp3) is 0.957. The number of phosphoric ester groups is 2. The van der Waals surface area contributed by atoms with E-state index in [2.05, 4.69) is 41.5 Å². The Morgan fingerprint density at radius 3 is 0.679 bits per heavy atom. The van der Waals surface area contributed by atoms with Crippen LogP contribution in [0.25, 0.3) is 0 Å². The van der Waals surface area contributed by atoms with Crippen molar-refractivity contribution in [3.63, 3.8) is 0 Å². The van der Waals surface area contributed by atoms with Gasteiger partial charge in [-0.1, -0.05) is 452 Å². The molecule has 6 atom stereocenters. The van der Waals surface area contributed by atoms with Crippen LogP contribution in [0.2, 0.25) is 0 Å². The Labute approximate surface area is 689 Å². The number of aliphatic hydroxyl groups is 1. The van der Waals surface area contributed by atoms with Crippen molar-refractivity contribution in [3.05, 3.63) is 0 Å². The number of unbranched alkanes of at least 4 members (excludes halogenated alkanes) is 61. The summed E-state index contributed by atoms with van der Waals surface area (Å²) in [6, 6.07) is 0. The van der Waals surface area contributed by atoms with E-state index in [9.17, 15) is 43.2 Å². The van der Waals surface area contributed by atoms with Gasteiger partial charge in [0.1, 0.15) is 19.3 Å². The molecule has 19 heteroatoms. The van der Waals surface area contributed by atoms with Crippen molar-refractivity contribution in [1.82, 2.24) is 0 Å². The van der Waals surface area contributed by atoms with E-state index in [0.29, 0.717) is 25.7 Å². The minimum Gasteiger partial charge on any atom is -0.462 e. The summed E-state index contributed by atoms with van der Waals surface area (Å²) in [7, 11) is -9.94. The van der Waals surface area contributed by atoms with E-state index in [4.69, 9.17) is 37.0 Å². The molecule has 0 rings (SSSR count). The molecule has 0 saturated carbocycles. The van der Waals surface area contributed by atoms with E-state index >= 15 is 0 Å². The number of rotatable bonds is 92. The second-order valence-corrected chi connectivity index (χ2v) is 37.0. The summed E-state index contributed by atoms with van der Waals surface area (Å²) >= 11 is 0. The zero-order valence-corrected chi connectivity index (χ0v) is 75.8. The number of hydrogen-bond acceptors (Lipinski definition) is 15. The maximum absolute atomic E-state index is 13.2. The fourth-order valence-electron chi connectivity index (χ4n) is 14.6. The zero-order valence-electron chi connectivity index (χ0n) is 74.0. The number of carbonyl (C=O) groups excluding carboxylic acids is 4. The number of aliphatic hydroxyl groups excluding tert-OH is 1. The molecule has 3 N–H and O–H groups in total. The van der Waals surface area contributed by atoms with Crippen molar-refractivity contribution in [2.75, 3.05) is 39.6 Å². The fourth-order valence-corrected chi connectivity index (χ4v) is 16.2. The van der Waals surface area contributed by atoms with Crippen LogP contribution < -0.4 is 0 Å². The monoisotopic (exact) mass is 1630 g/mol. The molecule has 17 nitrogen and oxygen atoms in total. The van der Waals surface area contributed by atoms with E-state index in [0.717, 1.165) is 102 Å². The number of hydrogen-bond donors (Lipinski definition) is 3. The summed E-state index contributed by atoms with van der Waals surface area (Å²) in [6.45, 7) is 9.73. The predicted molar refractivity (Wildman–Crippen MR) is 465 cm³/mol. The summed E-state index contributed by atoms with van der Waals surface area (Å²) < 4.78 is 69.1. The third kappa shape index (κ3) is 84.5. The van der Waals surface area contributed by atoms with Gasteiger partial charge in [-0.05, 0) is 37.5 Å². The predicted octanol–water partition coefficient (Wildman–Crippen LogP) is 29.0. The van der Waals surface area contributed by atoms with Gasteiger partial charge in [0, 0.05) is 25.7 Å². The van der Waals surface area contributed by atoms with Gasteiger partial charge in [0.15, 0.2) is 12.2 Å². The van der Waals surface area contributed by atoms with Gasteiger partial charge < -0.3 is 33.8 Å². The van der Waals surface area contributed by atoms with E-state index < -0.39 is 97.5 Å². The minimum absolute atomic E-state index is 0.108. The molecule has 0 aliphatic rings. The molecule has 0 heterocycles. The molecule has 0 aromatic rings. The molecule has 0 aromatic carbocycles. The zero-order chi connectivity index (χ0) is 82.0. The Bertz CT molecular complexity index is 2130. The average molecular weight is 1630 g/mol. The van der Waals surface area contributed by atoms with E-state index in [1.807, 2.05) is 0 Å². The first-order valence-electron chi connectivity index (χ1n) is 48.0. The van der Waals surface area contributed by atoms with Crippen LogP contribution in [0.1, 0.15) is 504 Å². The smallest absolute Gasteiger partial charge is 0.462 e. The maximum Gasteiger partial charge on any atom is 0.472 e. The molecule has 0 bridgehead atoms. The quantitative estimate of drug-likeness (QED) is 0.0222. The highest BCUT2D eigenvalue weighted by molar-refractivity contribution is 7.47. The summed E-state index contributed by atoms with van der Waals surface area (Å²) in [4.78, 5) is 73.5. The summed E-state index contributed by atoms with van der Waals surface area (Å²) in [5, 5.41) is 10.7. The first-order valence-corrected chi connectivity index (χ1v) is 51.0. The van der Waals surface area contributed by atoms with E-state index in [1.165, 1.54) is 321 Å². The lowest BCUT2D eigenvalue weighted by Gasteiger charge is -2.21. The topological polar surface area (TPSA) is 237 Å². The molecule has 0 spiro atoms. The van der Waals surface area contributed by atoms with Crippen molar-refractivity contribution in [2.45, 2.75) is 522 Å². The van der Waals surface area contributed by atoms with Crippen LogP contribution in [0.5, 0.6) is 0 Å². The van der Waals surface area contributed by atoms with Crippen LogP contribution >= 0.6 is 15.6 Å². The molecular weight excluding hydrogens is 1450 g/mol. The molecular formula is C93H182O17P2. The molecule has 666 valence electrons. The van der Waals surface area contributed by atoms with E-state index in [-0.39, 0.29) is 25.7 Å². The molecule has 0 aromatic heterocycles. The summed E-state index contributed by atoms with van der Waals surface area (Å²) in [6.07, 6.45) is 79.3. The third-order valence-corrected chi connectivity index (χ3v) is 24.2. The molecule has 3 unspecified atom stereocenters. The molecule has 0 aliphatic heterocycles. The van der Waals surface area contributed by atoms with Gasteiger partial charge in [-0.2, -0.15) is 0 Å². The highest BCUT2D eigenvalue weighted by atomic mass is 31.2. The van der Waals surface area contributed by atoms with Crippen molar-refractivity contribution in [2.24, 2.45) is 11.8 Å². The highest BCUT2D eigenvalue weighted by Gasteiger charge is 2.31.